The molecule has 1 aromatic heterocycles. The normalized spacial score (nSPS) is 12.4. The molecule has 1 amide bonds. The van der Waals surface area contributed by atoms with Gasteiger partial charge in [0, 0.05) is 25.1 Å². The van der Waals surface area contributed by atoms with Gasteiger partial charge in [0.2, 0.25) is 5.91 Å². The van der Waals surface area contributed by atoms with Gasteiger partial charge in [0.05, 0.1) is 0 Å². The zero-order valence-electron chi connectivity index (χ0n) is 8.73. The van der Waals surface area contributed by atoms with Crippen molar-refractivity contribution in [2.24, 2.45) is 5.73 Å². The molecule has 0 aromatic carbocycles. The van der Waals surface area contributed by atoms with Crippen molar-refractivity contribution in [2.45, 2.75) is 12.5 Å². The zero-order valence-corrected chi connectivity index (χ0v) is 9.55. The van der Waals surface area contributed by atoms with E-state index in [4.69, 9.17) is 10.5 Å². The highest BCUT2D eigenvalue weighted by molar-refractivity contribution is 7.10. The Balaban J connectivity index is 2.28. The number of ether oxygens (including phenoxy) is 1. The number of nitrogens with two attached hydrogens (primary N) is 1. The van der Waals surface area contributed by atoms with E-state index in [0.29, 0.717) is 13.2 Å². The molecule has 15 heavy (non-hydrogen) atoms. The van der Waals surface area contributed by atoms with E-state index in [2.05, 4.69) is 5.32 Å². The molecule has 0 bridgehead atoms. The summed E-state index contributed by atoms with van der Waals surface area (Å²) in [5, 5.41) is 4.68. The third-order valence-electron chi connectivity index (χ3n) is 1.96. The number of carbonyl (C=O) groups excluding carboxylic acids is 1. The topological polar surface area (TPSA) is 64.3 Å². The Morgan fingerprint density at radius 3 is 3.13 bits per heavy atom. The summed E-state index contributed by atoms with van der Waals surface area (Å²) in [6.07, 6.45) is 0.805. The van der Waals surface area contributed by atoms with E-state index in [-0.39, 0.29) is 5.91 Å². The second-order valence-corrected chi connectivity index (χ2v) is 4.11. The lowest BCUT2D eigenvalue weighted by Gasteiger charge is -2.10. The van der Waals surface area contributed by atoms with E-state index in [1.54, 1.807) is 7.11 Å². The first-order valence-electron chi connectivity index (χ1n) is 4.81. The number of methoxy groups -OCH3 is 1. The number of hydrogen-bond donors (Lipinski definition) is 2. The van der Waals surface area contributed by atoms with Crippen LogP contribution in [0.25, 0.3) is 0 Å². The number of rotatable bonds is 6. The van der Waals surface area contributed by atoms with Crippen LogP contribution in [-0.2, 0) is 9.53 Å². The van der Waals surface area contributed by atoms with Crippen LogP contribution < -0.4 is 11.1 Å². The highest BCUT2D eigenvalue weighted by Crippen LogP contribution is 2.16. The summed E-state index contributed by atoms with van der Waals surface area (Å²) in [7, 11) is 1.64. The summed E-state index contributed by atoms with van der Waals surface area (Å²) in [6, 6.07) is 3.20. The number of thiophene rings is 1. The maximum absolute atomic E-state index is 11.5. The van der Waals surface area contributed by atoms with E-state index in [1.807, 2.05) is 17.5 Å². The van der Waals surface area contributed by atoms with Crippen LogP contribution in [0.2, 0.25) is 0 Å². The zero-order chi connectivity index (χ0) is 11.1. The highest BCUT2D eigenvalue weighted by atomic mass is 32.1. The third-order valence-corrected chi connectivity index (χ3v) is 2.91. The molecular formula is C10H16N2O2S. The maximum atomic E-state index is 11.5. The minimum atomic E-state index is -0.549. The molecule has 84 valence electrons. The smallest absolute Gasteiger partial charge is 0.242 e. The fourth-order valence-corrected chi connectivity index (χ4v) is 1.86. The van der Waals surface area contributed by atoms with Gasteiger partial charge in [-0.15, -0.1) is 11.3 Å². The van der Waals surface area contributed by atoms with Crippen LogP contribution >= 0.6 is 11.3 Å². The Hall–Kier alpha value is -0.910. The maximum Gasteiger partial charge on any atom is 0.242 e. The van der Waals surface area contributed by atoms with E-state index in [9.17, 15) is 4.79 Å². The molecule has 0 radical (unpaired) electrons. The minimum absolute atomic E-state index is 0.131. The predicted octanol–water partition coefficient (Wildman–Crippen LogP) is 0.901. The van der Waals surface area contributed by atoms with Gasteiger partial charge < -0.3 is 15.8 Å². The Kier molecular flexibility index (Phi) is 5.31. The average Bonchev–Trinajstić information content (AvgIpc) is 2.76. The predicted molar refractivity (Wildman–Crippen MR) is 60.8 cm³/mol. The Morgan fingerprint density at radius 2 is 2.53 bits per heavy atom. The second kappa shape index (κ2) is 6.55. The molecule has 1 heterocycles. The fourth-order valence-electron chi connectivity index (χ4n) is 1.14. The van der Waals surface area contributed by atoms with Crippen molar-refractivity contribution in [1.29, 1.82) is 0 Å². The van der Waals surface area contributed by atoms with Crippen molar-refractivity contribution >= 4 is 17.2 Å². The molecule has 0 aliphatic heterocycles. The van der Waals surface area contributed by atoms with Crippen LogP contribution in [-0.4, -0.2) is 26.2 Å². The summed E-state index contributed by atoms with van der Waals surface area (Å²) in [4.78, 5) is 12.4. The Bertz CT molecular complexity index is 288. The van der Waals surface area contributed by atoms with Gasteiger partial charge in [-0.05, 0) is 17.9 Å². The summed E-state index contributed by atoms with van der Waals surface area (Å²) >= 11 is 1.49. The molecule has 1 atom stereocenters. The molecular weight excluding hydrogens is 212 g/mol. The molecule has 4 nitrogen and oxygen atoms in total. The number of nitrogens with one attached hydrogen (secondary N) is 1. The summed E-state index contributed by atoms with van der Waals surface area (Å²) in [5.41, 5.74) is 5.76. The van der Waals surface area contributed by atoms with Crippen molar-refractivity contribution in [2.75, 3.05) is 20.3 Å². The third kappa shape index (κ3) is 3.99. The van der Waals surface area contributed by atoms with Gasteiger partial charge in [0.25, 0.3) is 0 Å². The second-order valence-electron chi connectivity index (χ2n) is 3.13. The van der Waals surface area contributed by atoms with E-state index < -0.39 is 6.04 Å². The Morgan fingerprint density at radius 1 is 1.73 bits per heavy atom. The van der Waals surface area contributed by atoms with Crippen molar-refractivity contribution in [3.63, 3.8) is 0 Å². The molecule has 1 rings (SSSR count). The van der Waals surface area contributed by atoms with Gasteiger partial charge in [-0.2, -0.15) is 0 Å². The lowest BCUT2D eigenvalue weighted by atomic mass is 10.2. The molecule has 1 unspecified atom stereocenters. The molecule has 0 saturated heterocycles. The van der Waals surface area contributed by atoms with Gasteiger partial charge in [0.1, 0.15) is 6.04 Å². The molecule has 0 aliphatic rings. The van der Waals surface area contributed by atoms with Crippen LogP contribution in [0.1, 0.15) is 17.3 Å². The summed E-state index contributed by atoms with van der Waals surface area (Å²) < 4.78 is 4.88. The van der Waals surface area contributed by atoms with Crippen LogP contribution in [0.4, 0.5) is 0 Å². The number of hydrogen-bond acceptors (Lipinski definition) is 4. The monoisotopic (exact) mass is 228 g/mol. The first-order chi connectivity index (χ1) is 7.25. The van der Waals surface area contributed by atoms with Gasteiger partial charge in [-0.25, -0.2) is 0 Å². The van der Waals surface area contributed by atoms with Gasteiger partial charge in [-0.1, -0.05) is 6.07 Å². The van der Waals surface area contributed by atoms with Crippen molar-refractivity contribution < 1.29 is 9.53 Å². The number of carbonyl (C=O) groups is 1. The van der Waals surface area contributed by atoms with Gasteiger partial charge >= 0.3 is 0 Å². The van der Waals surface area contributed by atoms with Crippen molar-refractivity contribution in [3.05, 3.63) is 22.4 Å². The highest BCUT2D eigenvalue weighted by Gasteiger charge is 2.15. The minimum Gasteiger partial charge on any atom is -0.385 e. The van der Waals surface area contributed by atoms with Crippen molar-refractivity contribution in [1.82, 2.24) is 5.32 Å². The van der Waals surface area contributed by atoms with Crippen LogP contribution in [0.5, 0.6) is 0 Å². The fraction of sp³-hybridized carbons (Fsp3) is 0.500. The van der Waals surface area contributed by atoms with Crippen LogP contribution in [0, 0.1) is 0 Å². The molecule has 3 N–H and O–H groups in total. The largest absolute Gasteiger partial charge is 0.385 e. The van der Waals surface area contributed by atoms with Gasteiger partial charge in [-0.3, -0.25) is 4.79 Å². The quantitative estimate of drug-likeness (QED) is 0.711. The molecule has 0 aliphatic carbocycles. The standard InChI is InChI=1S/C10H16N2O2S/c1-14-6-3-5-12-10(13)9(11)8-4-2-7-15-8/h2,4,7,9H,3,5-6,11H2,1H3,(H,12,13). The number of amides is 1. The summed E-state index contributed by atoms with van der Waals surface area (Å²) in [6.45, 7) is 1.25. The first kappa shape index (κ1) is 12.2. The SMILES string of the molecule is COCCCNC(=O)C(N)c1cccs1. The average molecular weight is 228 g/mol. The van der Waals surface area contributed by atoms with E-state index in [1.165, 1.54) is 11.3 Å². The van der Waals surface area contributed by atoms with Gasteiger partial charge in [0.15, 0.2) is 0 Å². The molecule has 1 aromatic rings. The molecule has 5 heteroatoms. The Labute approximate surface area is 93.4 Å². The van der Waals surface area contributed by atoms with E-state index >= 15 is 0 Å². The lowest BCUT2D eigenvalue weighted by Crippen LogP contribution is -2.34. The molecule has 0 saturated carbocycles. The van der Waals surface area contributed by atoms with Crippen LogP contribution in [0.3, 0.4) is 0 Å². The molecule has 0 fully saturated rings. The van der Waals surface area contributed by atoms with Crippen LogP contribution in [0.15, 0.2) is 17.5 Å². The first-order valence-corrected chi connectivity index (χ1v) is 5.69. The molecule has 0 spiro atoms. The van der Waals surface area contributed by atoms with Crippen molar-refractivity contribution in [3.8, 4) is 0 Å². The summed E-state index contributed by atoms with van der Waals surface area (Å²) in [5.74, 6) is -0.131. The van der Waals surface area contributed by atoms with E-state index in [0.717, 1.165) is 11.3 Å². The lowest BCUT2D eigenvalue weighted by molar-refractivity contribution is -0.122.